The summed E-state index contributed by atoms with van der Waals surface area (Å²) in [4.78, 5) is 16.3. The van der Waals surface area contributed by atoms with Crippen molar-refractivity contribution in [3.8, 4) is 11.5 Å². The van der Waals surface area contributed by atoms with E-state index in [1.807, 2.05) is 20.8 Å². The summed E-state index contributed by atoms with van der Waals surface area (Å²) in [6.45, 7) is 6.39. The molecule has 116 valence electrons. The highest BCUT2D eigenvalue weighted by Gasteiger charge is 2.37. The molecule has 6 heteroatoms. The Hall–Kier alpha value is -1.82. The topological polar surface area (TPSA) is 69.7 Å². The third-order valence-corrected chi connectivity index (χ3v) is 3.05. The van der Waals surface area contributed by atoms with Crippen LogP contribution in [0.4, 0.5) is 0 Å². The number of methoxy groups -OCH3 is 1. The molecule has 1 unspecified atom stereocenters. The number of hydrogen-bond donors (Lipinski definition) is 1. The minimum absolute atomic E-state index is 0.0361. The molecular formula is C15H22N2O4. The Morgan fingerprint density at radius 2 is 2.05 bits per heavy atom. The molecule has 2 atom stereocenters. The van der Waals surface area contributed by atoms with Gasteiger partial charge < -0.3 is 19.5 Å². The third-order valence-electron chi connectivity index (χ3n) is 3.05. The van der Waals surface area contributed by atoms with E-state index in [1.54, 1.807) is 25.6 Å². The van der Waals surface area contributed by atoms with E-state index in [0.29, 0.717) is 11.5 Å². The summed E-state index contributed by atoms with van der Waals surface area (Å²) in [6.07, 6.45) is 3.32. The van der Waals surface area contributed by atoms with Gasteiger partial charge in [0.25, 0.3) is 0 Å². The van der Waals surface area contributed by atoms with Crippen molar-refractivity contribution < 1.29 is 19.0 Å². The second-order valence-electron chi connectivity index (χ2n) is 5.98. The Kier molecular flexibility index (Phi) is 4.67. The SMILES string of the molecule is COc1cncc(OC(C(=O)OC(C)(C)C)[C@@H]2CCN2)c1. The molecule has 1 aromatic heterocycles. The van der Waals surface area contributed by atoms with E-state index in [2.05, 4.69) is 10.3 Å². The Labute approximate surface area is 124 Å². The second-order valence-corrected chi connectivity index (χ2v) is 5.98. The number of nitrogens with zero attached hydrogens (tertiary/aromatic N) is 1. The number of esters is 1. The number of nitrogens with one attached hydrogen (secondary N) is 1. The number of aromatic nitrogens is 1. The fourth-order valence-electron chi connectivity index (χ4n) is 1.95. The maximum Gasteiger partial charge on any atom is 0.349 e. The predicted molar refractivity (Wildman–Crippen MR) is 77.5 cm³/mol. The number of rotatable bonds is 5. The molecule has 1 aliphatic rings. The molecule has 1 aliphatic heterocycles. The second kappa shape index (κ2) is 6.30. The van der Waals surface area contributed by atoms with Crippen LogP contribution in [0.15, 0.2) is 18.5 Å². The lowest BCUT2D eigenvalue weighted by Crippen LogP contribution is -2.57. The lowest BCUT2D eigenvalue weighted by atomic mass is 10.0. The maximum atomic E-state index is 12.3. The van der Waals surface area contributed by atoms with Crippen molar-refractivity contribution in [2.45, 2.75) is 44.9 Å². The molecule has 0 amide bonds. The molecule has 1 saturated heterocycles. The van der Waals surface area contributed by atoms with E-state index in [4.69, 9.17) is 14.2 Å². The van der Waals surface area contributed by atoms with Crippen molar-refractivity contribution >= 4 is 5.97 Å². The number of carbonyl (C=O) groups excluding carboxylic acids is 1. The summed E-state index contributed by atoms with van der Waals surface area (Å²) in [5.41, 5.74) is -0.547. The lowest BCUT2D eigenvalue weighted by molar-refractivity contribution is -0.165. The third kappa shape index (κ3) is 4.32. The van der Waals surface area contributed by atoms with Gasteiger partial charge in [0.15, 0.2) is 0 Å². The van der Waals surface area contributed by atoms with Crippen LogP contribution in [-0.2, 0) is 9.53 Å². The zero-order valence-corrected chi connectivity index (χ0v) is 12.9. The highest BCUT2D eigenvalue weighted by molar-refractivity contribution is 5.76. The van der Waals surface area contributed by atoms with Crippen LogP contribution in [0, 0.1) is 0 Å². The van der Waals surface area contributed by atoms with Crippen molar-refractivity contribution in [1.82, 2.24) is 10.3 Å². The Morgan fingerprint density at radius 1 is 1.38 bits per heavy atom. The van der Waals surface area contributed by atoms with Gasteiger partial charge >= 0.3 is 5.97 Å². The standard InChI is InChI=1S/C15H22N2O4/c1-15(2,3)21-14(18)13(12-5-6-17-12)20-11-7-10(19-4)8-16-9-11/h7-9,12-13,17H,5-6H2,1-4H3/t12-,13?/m0/s1. The van der Waals surface area contributed by atoms with Gasteiger partial charge in [-0.2, -0.15) is 0 Å². The van der Waals surface area contributed by atoms with E-state index in [0.717, 1.165) is 13.0 Å². The van der Waals surface area contributed by atoms with Gasteiger partial charge in [-0.05, 0) is 33.7 Å². The van der Waals surface area contributed by atoms with Gasteiger partial charge in [-0.25, -0.2) is 4.79 Å². The first-order valence-electron chi connectivity index (χ1n) is 7.01. The molecule has 0 radical (unpaired) electrons. The van der Waals surface area contributed by atoms with Crippen molar-refractivity contribution in [3.05, 3.63) is 18.5 Å². The zero-order chi connectivity index (χ0) is 15.5. The summed E-state index contributed by atoms with van der Waals surface area (Å²) in [5, 5.41) is 3.18. The van der Waals surface area contributed by atoms with Crippen LogP contribution in [0.3, 0.4) is 0 Å². The quantitative estimate of drug-likeness (QED) is 0.831. The lowest BCUT2D eigenvalue weighted by Gasteiger charge is -2.35. The molecule has 0 aromatic carbocycles. The van der Waals surface area contributed by atoms with Crippen LogP contribution in [0.1, 0.15) is 27.2 Å². The van der Waals surface area contributed by atoms with Crippen molar-refractivity contribution in [2.24, 2.45) is 0 Å². The first kappa shape index (κ1) is 15.6. The average molecular weight is 294 g/mol. The molecule has 1 N–H and O–H groups in total. The number of pyridine rings is 1. The van der Waals surface area contributed by atoms with E-state index >= 15 is 0 Å². The summed E-state index contributed by atoms with van der Waals surface area (Å²) in [5.74, 6) is 0.693. The summed E-state index contributed by atoms with van der Waals surface area (Å²) in [6, 6.07) is 1.66. The van der Waals surface area contributed by atoms with Gasteiger partial charge in [-0.1, -0.05) is 0 Å². The molecule has 1 aromatic rings. The molecule has 0 bridgehead atoms. The maximum absolute atomic E-state index is 12.3. The fourth-order valence-corrected chi connectivity index (χ4v) is 1.95. The van der Waals surface area contributed by atoms with Crippen LogP contribution in [0.5, 0.6) is 11.5 Å². The Morgan fingerprint density at radius 3 is 2.57 bits per heavy atom. The molecule has 0 saturated carbocycles. The normalized spacial score (nSPS) is 19.3. The molecule has 1 fully saturated rings. The molecule has 2 heterocycles. The van der Waals surface area contributed by atoms with Crippen molar-refractivity contribution in [3.63, 3.8) is 0 Å². The molecule has 21 heavy (non-hydrogen) atoms. The van der Waals surface area contributed by atoms with Crippen LogP contribution in [0.25, 0.3) is 0 Å². The summed E-state index contributed by atoms with van der Waals surface area (Å²) in [7, 11) is 1.56. The molecular weight excluding hydrogens is 272 g/mol. The highest BCUT2D eigenvalue weighted by Crippen LogP contribution is 2.22. The van der Waals surface area contributed by atoms with Gasteiger partial charge in [0.05, 0.1) is 25.5 Å². The molecule has 0 spiro atoms. The first-order chi connectivity index (χ1) is 9.89. The van der Waals surface area contributed by atoms with Crippen LogP contribution < -0.4 is 14.8 Å². The first-order valence-corrected chi connectivity index (χ1v) is 7.01. The van der Waals surface area contributed by atoms with Crippen LogP contribution in [0.2, 0.25) is 0 Å². The predicted octanol–water partition coefficient (Wildman–Crippen LogP) is 1.54. The zero-order valence-electron chi connectivity index (χ0n) is 12.9. The largest absolute Gasteiger partial charge is 0.495 e. The van der Waals surface area contributed by atoms with Gasteiger partial charge in [-0.15, -0.1) is 0 Å². The van der Waals surface area contributed by atoms with Gasteiger partial charge in [0.2, 0.25) is 6.10 Å². The number of carbonyl (C=O) groups is 1. The smallest absolute Gasteiger partial charge is 0.349 e. The summed E-state index contributed by atoms with van der Waals surface area (Å²) < 4.78 is 16.3. The van der Waals surface area contributed by atoms with Crippen LogP contribution in [-0.4, -0.2) is 42.4 Å². The van der Waals surface area contributed by atoms with E-state index in [1.165, 1.54) is 0 Å². The van der Waals surface area contributed by atoms with E-state index in [9.17, 15) is 4.79 Å². The van der Waals surface area contributed by atoms with Gasteiger partial charge in [-0.3, -0.25) is 4.98 Å². The van der Waals surface area contributed by atoms with Crippen molar-refractivity contribution in [2.75, 3.05) is 13.7 Å². The van der Waals surface area contributed by atoms with Gasteiger partial charge in [0.1, 0.15) is 17.1 Å². The van der Waals surface area contributed by atoms with E-state index in [-0.39, 0.29) is 12.0 Å². The average Bonchev–Trinajstić information content (AvgIpc) is 2.34. The Bertz CT molecular complexity index is 495. The minimum Gasteiger partial charge on any atom is -0.495 e. The molecule has 0 aliphatic carbocycles. The monoisotopic (exact) mass is 294 g/mol. The number of ether oxygens (including phenoxy) is 3. The van der Waals surface area contributed by atoms with E-state index < -0.39 is 11.7 Å². The van der Waals surface area contributed by atoms with Crippen LogP contribution >= 0.6 is 0 Å². The Balaban J connectivity index is 2.10. The van der Waals surface area contributed by atoms with Crippen molar-refractivity contribution in [1.29, 1.82) is 0 Å². The fraction of sp³-hybridized carbons (Fsp3) is 0.600. The molecule has 2 rings (SSSR count). The minimum atomic E-state index is -0.688. The summed E-state index contributed by atoms with van der Waals surface area (Å²) >= 11 is 0. The highest BCUT2D eigenvalue weighted by atomic mass is 16.6. The van der Waals surface area contributed by atoms with Gasteiger partial charge in [0, 0.05) is 6.07 Å². The molecule has 6 nitrogen and oxygen atoms in total. The number of hydrogen-bond acceptors (Lipinski definition) is 6.